The third-order valence-electron chi connectivity index (χ3n) is 10.1. The number of nitrogens with one attached hydrogen (secondary N) is 2. The lowest BCUT2D eigenvalue weighted by Gasteiger charge is -2.51. The smallest absolute Gasteiger partial charge is 0.0132 e. The summed E-state index contributed by atoms with van der Waals surface area (Å²) in [5.74, 6) is 5.92. The van der Waals surface area contributed by atoms with Crippen molar-refractivity contribution in [3.63, 3.8) is 0 Å². The Hall–Kier alpha value is -0.0800. The molecule has 2 saturated heterocycles. The second-order valence-electron chi connectivity index (χ2n) is 15.5. The summed E-state index contributed by atoms with van der Waals surface area (Å²) in [6.07, 6.45) is 17.7. The number of hydrogen-bond acceptors (Lipinski definition) is 2. The van der Waals surface area contributed by atoms with Gasteiger partial charge in [0.15, 0.2) is 0 Å². The first kappa shape index (κ1) is 25.0. The van der Waals surface area contributed by atoms with Gasteiger partial charge in [-0.3, -0.25) is 0 Å². The molecule has 2 aliphatic carbocycles. The molecule has 0 aromatic heterocycles. The van der Waals surface area contributed by atoms with Crippen LogP contribution >= 0.6 is 0 Å². The SMILES string of the molecule is CC1(C)CC(C2CCC(C3CCC(C4CC(C)(C)NC(C)(C)C4)CC3)CC2)CC(C)(C)N1. The average Bonchev–Trinajstić information content (AvgIpc) is 2.63. The zero-order valence-electron chi connectivity index (χ0n) is 22.9. The van der Waals surface area contributed by atoms with Crippen molar-refractivity contribution in [3.8, 4) is 0 Å². The van der Waals surface area contributed by atoms with Crippen LogP contribution in [0.25, 0.3) is 0 Å². The molecule has 2 heteroatoms. The average molecular weight is 445 g/mol. The highest BCUT2D eigenvalue weighted by atomic mass is 15.1. The van der Waals surface area contributed by atoms with Crippen molar-refractivity contribution in [2.75, 3.05) is 0 Å². The Kier molecular flexibility index (Phi) is 6.92. The van der Waals surface area contributed by atoms with Gasteiger partial charge in [-0.2, -0.15) is 0 Å². The molecule has 2 heterocycles. The van der Waals surface area contributed by atoms with Gasteiger partial charge in [0.05, 0.1) is 0 Å². The molecule has 0 radical (unpaired) electrons. The zero-order chi connectivity index (χ0) is 23.4. The van der Waals surface area contributed by atoms with Gasteiger partial charge in [-0.25, -0.2) is 0 Å². The predicted octanol–water partition coefficient (Wildman–Crippen LogP) is 7.71. The molecule has 4 rings (SSSR count). The summed E-state index contributed by atoms with van der Waals surface area (Å²) >= 11 is 0. The molecule has 0 unspecified atom stereocenters. The Labute approximate surface area is 200 Å². The van der Waals surface area contributed by atoms with Crippen molar-refractivity contribution >= 4 is 0 Å². The van der Waals surface area contributed by atoms with Gasteiger partial charge in [0.2, 0.25) is 0 Å². The van der Waals surface area contributed by atoms with Crippen LogP contribution in [-0.2, 0) is 0 Å². The number of hydrogen-bond donors (Lipinski definition) is 2. The van der Waals surface area contributed by atoms with Crippen molar-refractivity contribution in [1.29, 1.82) is 0 Å². The van der Waals surface area contributed by atoms with Gasteiger partial charge in [0.25, 0.3) is 0 Å². The molecule has 4 aliphatic rings. The fourth-order valence-corrected chi connectivity index (χ4v) is 9.64. The van der Waals surface area contributed by atoms with E-state index in [0.29, 0.717) is 22.2 Å². The van der Waals surface area contributed by atoms with Gasteiger partial charge in [0, 0.05) is 22.2 Å². The molecule has 2 saturated carbocycles. The molecule has 0 bridgehead atoms. The van der Waals surface area contributed by atoms with E-state index in [1.807, 2.05) is 0 Å². The Morgan fingerprint density at radius 3 is 0.750 bits per heavy atom. The van der Waals surface area contributed by atoms with Gasteiger partial charge >= 0.3 is 0 Å². The van der Waals surface area contributed by atoms with Crippen LogP contribution in [0.15, 0.2) is 0 Å². The van der Waals surface area contributed by atoms with E-state index in [-0.39, 0.29) is 0 Å². The van der Waals surface area contributed by atoms with Crippen LogP contribution < -0.4 is 10.6 Å². The van der Waals surface area contributed by atoms with Gasteiger partial charge < -0.3 is 10.6 Å². The third-order valence-corrected chi connectivity index (χ3v) is 10.1. The van der Waals surface area contributed by atoms with E-state index >= 15 is 0 Å². The molecule has 4 fully saturated rings. The molecule has 2 nitrogen and oxygen atoms in total. The first-order chi connectivity index (χ1) is 14.7. The van der Waals surface area contributed by atoms with Gasteiger partial charge in [-0.15, -0.1) is 0 Å². The van der Waals surface area contributed by atoms with Gasteiger partial charge in [0.1, 0.15) is 0 Å². The van der Waals surface area contributed by atoms with E-state index in [1.54, 1.807) is 0 Å². The molecule has 32 heavy (non-hydrogen) atoms. The van der Waals surface area contributed by atoms with Crippen LogP contribution in [0.2, 0.25) is 0 Å². The van der Waals surface area contributed by atoms with Crippen LogP contribution in [0, 0.1) is 35.5 Å². The van der Waals surface area contributed by atoms with Crippen LogP contribution in [0.5, 0.6) is 0 Å². The highest BCUT2D eigenvalue weighted by Crippen LogP contribution is 2.49. The van der Waals surface area contributed by atoms with Crippen LogP contribution in [0.3, 0.4) is 0 Å². The standard InChI is InChI=1S/C30H56N2/c1-27(2)17-25(18-28(3,4)31-27)23-13-9-21(10-14-23)22-11-15-24(16-12-22)26-19-29(5,6)32-30(7,8)20-26/h21-26,31-32H,9-20H2,1-8H3. The minimum atomic E-state index is 0.305. The van der Waals surface area contributed by atoms with Crippen molar-refractivity contribution in [2.45, 2.75) is 155 Å². The lowest BCUT2D eigenvalue weighted by molar-refractivity contribution is 0.0432. The molecular weight excluding hydrogens is 388 g/mol. The summed E-state index contributed by atoms with van der Waals surface area (Å²) in [5, 5.41) is 7.80. The Morgan fingerprint density at radius 2 is 0.531 bits per heavy atom. The van der Waals surface area contributed by atoms with Gasteiger partial charge in [-0.1, -0.05) is 0 Å². The second kappa shape index (κ2) is 8.85. The van der Waals surface area contributed by atoms with Gasteiger partial charge in [-0.05, 0) is 168 Å². The second-order valence-corrected chi connectivity index (χ2v) is 15.5. The Bertz CT molecular complexity index is 541. The molecule has 0 atom stereocenters. The van der Waals surface area contributed by atoms with E-state index in [2.05, 4.69) is 66.0 Å². The van der Waals surface area contributed by atoms with Crippen LogP contribution in [0.4, 0.5) is 0 Å². The van der Waals surface area contributed by atoms with E-state index in [9.17, 15) is 0 Å². The molecule has 0 amide bonds. The predicted molar refractivity (Wildman–Crippen MR) is 139 cm³/mol. The van der Waals surface area contributed by atoms with Crippen molar-refractivity contribution in [3.05, 3.63) is 0 Å². The van der Waals surface area contributed by atoms with Crippen molar-refractivity contribution in [1.82, 2.24) is 10.6 Å². The Balaban J connectivity index is 1.25. The molecule has 186 valence electrons. The monoisotopic (exact) mass is 444 g/mol. The third kappa shape index (κ3) is 6.12. The Morgan fingerprint density at radius 1 is 0.344 bits per heavy atom. The quantitative estimate of drug-likeness (QED) is 0.465. The summed E-state index contributed by atoms with van der Waals surface area (Å²) in [5.41, 5.74) is 1.22. The highest BCUT2D eigenvalue weighted by molar-refractivity contribution is 5.01. The summed E-state index contributed by atoms with van der Waals surface area (Å²) in [7, 11) is 0. The first-order valence-electron chi connectivity index (χ1n) is 14.3. The van der Waals surface area contributed by atoms with Crippen LogP contribution in [-0.4, -0.2) is 22.2 Å². The largest absolute Gasteiger partial charge is 0.307 e. The van der Waals surface area contributed by atoms with Crippen molar-refractivity contribution < 1.29 is 0 Å². The maximum atomic E-state index is 3.90. The van der Waals surface area contributed by atoms with E-state index in [1.165, 1.54) is 77.0 Å². The number of rotatable bonds is 3. The summed E-state index contributed by atoms with van der Waals surface area (Å²) in [6.45, 7) is 19.4. The summed E-state index contributed by atoms with van der Waals surface area (Å²) < 4.78 is 0. The molecule has 0 spiro atoms. The normalized spacial score (nSPS) is 40.1. The first-order valence-corrected chi connectivity index (χ1v) is 14.3. The topological polar surface area (TPSA) is 24.1 Å². The summed E-state index contributed by atoms with van der Waals surface area (Å²) in [6, 6.07) is 0. The van der Waals surface area contributed by atoms with Crippen LogP contribution in [0.1, 0.15) is 132 Å². The molecule has 0 aromatic rings. The molecule has 0 aromatic carbocycles. The summed E-state index contributed by atoms with van der Waals surface area (Å²) in [4.78, 5) is 0. The lowest BCUT2D eigenvalue weighted by Crippen LogP contribution is -2.59. The molecule has 2 N–H and O–H groups in total. The van der Waals surface area contributed by atoms with Crippen molar-refractivity contribution in [2.24, 2.45) is 35.5 Å². The zero-order valence-corrected chi connectivity index (χ0v) is 22.9. The van der Waals surface area contributed by atoms with E-state index < -0.39 is 0 Å². The molecular formula is C30H56N2. The fraction of sp³-hybridized carbons (Fsp3) is 1.00. The fourth-order valence-electron chi connectivity index (χ4n) is 9.64. The maximum absolute atomic E-state index is 3.90. The minimum Gasteiger partial charge on any atom is -0.307 e. The number of piperidine rings is 2. The van der Waals surface area contributed by atoms with E-state index in [4.69, 9.17) is 0 Å². The lowest BCUT2D eigenvalue weighted by atomic mass is 9.61. The molecule has 2 aliphatic heterocycles. The van der Waals surface area contributed by atoms with E-state index in [0.717, 1.165) is 35.5 Å². The highest BCUT2D eigenvalue weighted by Gasteiger charge is 2.44. The maximum Gasteiger partial charge on any atom is 0.0132 e. The minimum absolute atomic E-state index is 0.305.